The molecule has 1 atom stereocenters. The molecule has 25 heavy (non-hydrogen) atoms. The molecule has 2 rings (SSSR count). The summed E-state index contributed by atoms with van der Waals surface area (Å²) in [4.78, 5) is 23.5. The molecule has 0 fully saturated rings. The van der Waals surface area contributed by atoms with Crippen LogP contribution in [0.25, 0.3) is 0 Å². The third-order valence-corrected chi connectivity index (χ3v) is 3.52. The summed E-state index contributed by atoms with van der Waals surface area (Å²) in [6.07, 6.45) is 0. The van der Waals surface area contributed by atoms with Crippen LogP contribution in [0.1, 0.15) is 18.5 Å². The number of hydrogen-bond donors (Lipinski definition) is 3. The van der Waals surface area contributed by atoms with E-state index in [4.69, 9.17) is 0 Å². The molecule has 0 saturated heterocycles. The van der Waals surface area contributed by atoms with Gasteiger partial charge in [-0.2, -0.15) is 0 Å². The van der Waals surface area contributed by atoms with Gasteiger partial charge < -0.3 is 16.0 Å². The van der Waals surface area contributed by atoms with Gasteiger partial charge in [-0.1, -0.05) is 30.3 Å². The maximum Gasteiger partial charge on any atom is 0.243 e. The highest BCUT2D eigenvalue weighted by molar-refractivity contribution is 5.94. The molecule has 0 spiro atoms. The van der Waals surface area contributed by atoms with E-state index in [1.165, 1.54) is 6.07 Å². The van der Waals surface area contributed by atoms with E-state index in [-0.39, 0.29) is 30.7 Å². The van der Waals surface area contributed by atoms with Gasteiger partial charge in [-0.15, -0.1) is 0 Å². The van der Waals surface area contributed by atoms with Crippen molar-refractivity contribution in [3.8, 4) is 0 Å². The summed E-state index contributed by atoms with van der Waals surface area (Å²) < 4.78 is 25.9. The van der Waals surface area contributed by atoms with E-state index in [2.05, 4.69) is 16.0 Å². The third-order valence-electron chi connectivity index (χ3n) is 3.52. The summed E-state index contributed by atoms with van der Waals surface area (Å²) in [5.41, 5.74) is 1.17. The van der Waals surface area contributed by atoms with E-state index in [1.54, 1.807) is 0 Å². The summed E-state index contributed by atoms with van der Waals surface area (Å²) in [6.45, 7) is 1.71. The van der Waals surface area contributed by atoms with Crippen LogP contribution in [-0.4, -0.2) is 24.9 Å². The van der Waals surface area contributed by atoms with Crippen LogP contribution in [0, 0.1) is 11.6 Å². The fourth-order valence-corrected chi connectivity index (χ4v) is 2.13. The molecule has 0 radical (unpaired) electrons. The Labute approximate surface area is 144 Å². The maximum absolute atomic E-state index is 13.1. The van der Waals surface area contributed by atoms with Crippen molar-refractivity contribution >= 4 is 17.5 Å². The SMILES string of the molecule is C[C@@H](NCC(=O)NCC(=O)Nc1ccc(F)c(F)c1)c1ccccc1. The third kappa shape index (κ3) is 5.96. The molecular weight excluding hydrogens is 328 g/mol. The van der Waals surface area contributed by atoms with Crippen LogP contribution in [0.15, 0.2) is 48.5 Å². The van der Waals surface area contributed by atoms with Crippen LogP contribution in [0.4, 0.5) is 14.5 Å². The van der Waals surface area contributed by atoms with E-state index < -0.39 is 17.5 Å². The molecule has 0 saturated carbocycles. The zero-order valence-electron chi connectivity index (χ0n) is 13.7. The van der Waals surface area contributed by atoms with Gasteiger partial charge in [0, 0.05) is 17.8 Å². The Morgan fingerprint density at radius 1 is 0.960 bits per heavy atom. The molecule has 2 amide bonds. The zero-order valence-corrected chi connectivity index (χ0v) is 13.7. The largest absolute Gasteiger partial charge is 0.346 e. The number of carbonyl (C=O) groups excluding carboxylic acids is 2. The highest BCUT2D eigenvalue weighted by atomic mass is 19.2. The molecule has 0 aliphatic carbocycles. The number of nitrogens with one attached hydrogen (secondary N) is 3. The van der Waals surface area contributed by atoms with Crippen molar-refractivity contribution in [2.45, 2.75) is 13.0 Å². The lowest BCUT2D eigenvalue weighted by Gasteiger charge is -2.14. The number of halogens is 2. The quantitative estimate of drug-likeness (QED) is 0.720. The number of amides is 2. The van der Waals surface area contributed by atoms with Crippen LogP contribution in [-0.2, 0) is 9.59 Å². The minimum Gasteiger partial charge on any atom is -0.346 e. The van der Waals surface area contributed by atoms with E-state index in [1.807, 2.05) is 37.3 Å². The summed E-state index contributed by atoms with van der Waals surface area (Å²) in [7, 11) is 0. The first-order valence-corrected chi connectivity index (χ1v) is 7.75. The van der Waals surface area contributed by atoms with Gasteiger partial charge in [-0.05, 0) is 24.6 Å². The number of carbonyl (C=O) groups is 2. The lowest BCUT2D eigenvalue weighted by Crippen LogP contribution is -2.39. The molecule has 0 bridgehead atoms. The van der Waals surface area contributed by atoms with Gasteiger partial charge >= 0.3 is 0 Å². The molecular formula is C18H19F2N3O2. The molecule has 2 aromatic carbocycles. The molecule has 2 aromatic rings. The minimum atomic E-state index is -1.05. The van der Waals surface area contributed by atoms with Crippen LogP contribution in [0.5, 0.6) is 0 Å². The summed E-state index contributed by atoms with van der Waals surface area (Å²) in [5.74, 6) is -2.93. The highest BCUT2D eigenvalue weighted by Gasteiger charge is 2.10. The Morgan fingerprint density at radius 2 is 1.68 bits per heavy atom. The van der Waals surface area contributed by atoms with Gasteiger partial charge in [0.15, 0.2) is 11.6 Å². The van der Waals surface area contributed by atoms with Crippen molar-refractivity contribution in [3.05, 3.63) is 65.7 Å². The summed E-state index contributed by atoms with van der Waals surface area (Å²) in [6, 6.07) is 12.6. The first-order valence-electron chi connectivity index (χ1n) is 7.75. The van der Waals surface area contributed by atoms with Crippen molar-refractivity contribution < 1.29 is 18.4 Å². The van der Waals surface area contributed by atoms with Gasteiger partial charge in [-0.3, -0.25) is 9.59 Å². The number of anilines is 1. The van der Waals surface area contributed by atoms with E-state index in [0.29, 0.717) is 0 Å². The van der Waals surface area contributed by atoms with Gasteiger partial charge in [0.1, 0.15) is 0 Å². The second-order valence-electron chi connectivity index (χ2n) is 5.47. The molecule has 0 unspecified atom stereocenters. The van der Waals surface area contributed by atoms with Crippen LogP contribution in [0.3, 0.4) is 0 Å². The lowest BCUT2D eigenvalue weighted by molar-refractivity contribution is -0.123. The van der Waals surface area contributed by atoms with Crippen LogP contribution in [0.2, 0.25) is 0 Å². The van der Waals surface area contributed by atoms with Crippen LogP contribution < -0.4 is 16.0 Å². The number of rotatable bonds is 7. The lowest BCUT2D eigenvalue weighted by atomic mass is 10.1. The van der Waals surface area contributed by atoms with Gasteiger partial charge in [0.05, 0.1) is 13.1 Å². The predicted molar refractivity (Wildman–Crippen MR) is 90.9 cm³/mol. The van der Waals surface area contributed by atoms with E-state index in [0.717, 1.165) is 17.7 Å². The first-order chi connectivity index (χ1) is 12.0. The summed E-state index contributed by atoms with van der Waals surface area (Å²) in [5, 5.41) is 7.88. The molecule has 5 nitrogen and oxygen atoms in total. The van der Waals surface area contributed by atoms with Crippen molar-refractivity contribution in [2.75, 3.05) is 18.4 Å². The Kier molecular flexibility index (Phi) is 6.59. The maximum atomic E-state index is 13.1. The molecule has 0 aromatic heterocycles. The topological polar surface area (TPSA) is 70.2 Å². The molecule has 0 aliphatic heterocycles. The first kappa shape index (κ1) is 18.5. The number of hydrogen-bond acceptors (Lipinski definition) is 3. The smallest absolute Gasteiger partial charge is 0.243 e. The zero-order chi connectivity index (χ0) is 18.2. The fraction of sp³-hybridized carbons (Fsp3) is 0.222. The van der Waals surface area contributed by atoms with E-state index in [9.17, 15) is 18.4 Å². The van der Waals surface area contributed by atoms with Gasteiger partial charge in [0.2, 0.25) is 11.8 Å². The Morgan fingerprint density at radius 3 is 2.36 bits per heavy atom. The molecule has 132 valence electrons. The van der Waals surface area contributed by atoms with Crippen molar-refractivity contribution in [2.24, 2.45) is 0 Å². The predicted octanol–water partition coefficient (Wildman–Crippen LogP) is 2.37. The summed E-state index contributed by atoms with van der Waals surface area (Å²) >= 11 is 0. The molecule has 0 aliphatic rings. The average Bonchev–Trinajstić information content (AvgIpc) is 2.61. The van der Waals surface area contributed by atoms with Crippen molar-refractivity contribution in [1.82, 2.24) is 10.6 Å². The second kappa shape index (κ2) is 8.89. The second-order valence-corrected chi connectivity index (χ2v) is 5.47. The van der Waals surface area contributed by atoms with Gasteiger partial charge in [0.25, 0.3) is 0 Å². The van der Waals surface area contributed by atoms with E-state index >= 15 is 0 Å². The molecule has 0 heterocycles. The molecule has 3 N–H and O–H groups in total. The molecule has 7 heteroatoms. The number of benzene rings is 2. The average molecular weight is 347 g/mol. The minimum absolute atomic E-state index is 0.0111. The van der Waals surface area contributed by atoms with Crippen molar-refractivity contribution in [1.29, 1.82) is 0 Å². The highest BCUT2D eigenvalue weighted by Crippen LogP contribution is 2.13. The normalized spacial score (nSPS) is 11.6. The monoisotopic (exact) mass is 347 g/mol. The Hall–Kier alpha value is -2.80. The Balaban J connectivity index is 1.72. The van der Waals surface area contributed by atoms with Crippen molar-refractivity contribution in [3.63, 3.8) is 0 Å². The standard InChI is InChI=1S/C18H19F2N3O2/c1-12(13-5-3-2-4-6-13)21-10-17(24)22-11-18(25)23-14-7-8-15(19)16(20)9-14/h2-9,12,21H,10-11H2,1H3,(H,22,24)(H,23,25)/t12-/m1/s1. The van der Waals surface area contributed by atoms with Gasteiger partial charge in [-0.25, -0.2) is 8.78 Å². The van der Waals surface area contributed by atoms with Crippen LogP contribution >= 0.6 is 0 Å². The Bertz CT molecular complexity index is 738. The fourth-order valence-electron chi connectivity index (χ4n) is 2.13.